The predicted molar refractivity (Wildman–Crippen MR) is 106 cm³/mol. The summed E-state index contributed by atoms with van der Waals surface area (Å²) in [6.45, 7) is 5.17. The highest BCUT2D eigenvalue weighted by molar-refractivity contribution is 6.30. The van der Waals surface area contributed by atoms with Crippen molar-refractivity contribution < 1.29 is 4.79 Å². The van der Waals surface area contributed by atoms with E-state index < -0.39 is 5.56 Å². The van der Waals surface area contributed by atoms with Crippen molar-refractivity contribution in [3.63, 3.8) is 0 Å². The maximum Gasteiger partial charge on any atom is 0.266 e. The average molecular weight is 398 g/mol. The number of amides is 1. The molecule has 3 heterocycles. The Labute approximate surface area is 167 Å². The normalized spacial score (nSPS) is 16.3. The molecule has 1 aromatic carbocycles. The lowest BCUT2D eigenvalue weighted by Gasteiger charge is -2.37. The van der Waals surface area contributed by atoms with E-state index in [-0.39, 0.29) is 22.9 Å². The van der Waals surface area contributed by atoms with E-state index in [9.17, 15) is 9.59 Å². The Hall–Kier alpha value is -2.93. The number of H-pyrrole nitrogens is 1. The number of carbonyl (C=O) groups is 1. The van der Waals surface area contributed by atoms with Crippen LogP contribution in [0, 0.1) is 5.92 Å². The van der Waals surface area contributed by atoms with Crippen molar-refractivity contribution in [2.45, 2.75) is 26.4 Å². The van der Waals surface area contributed by atoms with Gasteiger partial charge in [-0.25, -0.2) is 9.67 Å². The fraction of sp³-hybridized carbons (Fsp3) is 0.300. The molecule has 3 aromatic rings. The number of pyridine rings is 1. The van der Waals surface area contributed by atoms with Gasteiger partial charge in [0.1, 0.15) is 5.02 Å². The summed E-state index contributed by atoms with van der Waals surface area (Å²) in [5.41, 5.74) is 0.883. The van der Waals surface area contributed by atoms with Gasteiger partial charge in [0.05, 0.1) is 18.2 Å². The monoisotopic (exact) mass is 397 g/mol. The molecule has 0 fully saturated rings. The lowest BCUT2D eigenvalue weighted by Crippen LogP contribution is -2.44. The molecule has 0 spiro atoms. The number of hydrogen-bond acceptors (Lipinski definition) is 4. The van der Waals surface area contributed by atoms with Crippen molar-refractivity contribution in [1.82, 2.24) is 24.6 Å². The molecular weight excluding hydrogens is 378 g/mol. The second-order valence-corrected chi connectivity index (χ2v) is 7.54. The van der Waals surface area contributed by atoms with Crippen LogP contribution in [0.5, 0.6) is 0 Å². The second kappa shape index (κ2) is 7.24. The van der Waals surface area contributed by atoms with Gasteiger partial charge in [-0.3, -0.25) is 9.59 Å². The zero-order chi connectivity index (χ0) is 19.8. The van der Waals surface area contributed by atoms with E-state index in [0.29, 0.717) is 24.5 Å². The minimum Gasteiger partial charge on any atom is -0.327 e. The van der Waals surface area contributed by atoms with Crippen molar-refractivity contribution in [1.29, 1.82) is 0 Å². The summed E-state index contributed by atoms with van der Waals surface area (Å²) in [4.78, 5) is 33.7. The van der Waals surface area contributed by atoms with E-state index in [2.05, 4.69) is 23.9 Å². The molecule has 2 aromatic heterocycles. The number of aromatic amines is 1. The van der Waals surface area contributed by atoms with E-state index in [4.69, 9.17) is 16.6 Å². The zero-order valence-corrected chi connectivity index (χ0v) is 16.3. The van der Waals surface area contributed by atoms with Crippen LogP contribution >= 0.6 is 11.6 Å². The quantitative estimate of drug-likeness (QED) is 0.735. The van der Waals surface area contributed by atoms with Gasteiger partial charge in [-0.05, 0) is 12.0 Å². The average Bonchev–Trinajstić information content (AvgIpc) is 3.13. The highest BCUT2D eigenvalue weighted by Crippen LogP contribution is 2.33. The fourth-order valence-electron chi connectivity index (χ4n) is 3.56. The lowest BCUT2D eigenvalue weighted by molar-refractivity contribution is 0.0536. The number of benzene rings is 1. The molecule has 0 saturated heterocycles. The molecule has 4 rings (SSSR count). The van der Waals surface area contributed by atoms with E-state index in [1.165, 1.54) is 12.3 Å². The molecule has 28 heavy (non-hydrogen) atoms. The summed E-state index contributed by atoms with van der Waals surface area (Å²) in [5, 5.41) is 4.64. The summed E-state index contributed by atoms with van der Waals surface area (Å²) in [5.74, 6) is 1.37. The topological polar surface area (TPSA) is 83.9 Å². The maximum atomic E-state index is 13.2. The van der Waals surface area contributed by atoms with Crippen LogP contribution in [0.3, 0.4) is 0 Å². The highest BCUT2D eigenvalue weighted by Gasteiger charge is 2.36. The minimum atomic E-state index is -0.412. The van der Waals surface area contributed by atoms with Gasteiger partial charge in [0.25, 0.3) is 11.5 Å². The Morgan fingerprint density at radius 3 is 2.68 bits per heavy atom. The number of fused-ring (bicyclic) bond motifs is 1. The summed E-state index contributed by atoms with van der Waals surface area (Å²) in [6.07, 6.45) is 1.41. The zero-order valence-electron chi connectivity index (χ0n) is 15.6. The van der Waals surface area contributed by atoms with Crippen molar-refractivity contribution in [3.05, 3.63) is 69.4 Å². The molecule has 1 N–H and O–H groups in total. The molecular formula is C20H20ClN5O2. The third kappa shape index (κ3) is 3.22. The first-order valence-electron chi connectivity index (χ1n) is 9.15. The van der Waals surface area contributed by atoms with Gasteiger partial charge in [-0.1, -0.05) is 55.8 Å². The van der Waals surface area contributed by atoms with Gasteiger partial charge in [0.2, 0.25) is 0 Å². The van der Waals surface area contributed by atoms with Crippen molar-refractivity contribution in [2.24, 2.45) is 5.92 Å². The first kappa shape index (κ1) is 18.4. The van der Waals surface area contributed by atoms with Crippen LogP contribution in [0.1, 0.15) is 36.1 Å². The molecule has 1 atom stereocenters. The third-order valence-corrected chi connectivity index (χ3v) is 5.16. The minimum absolute atomic E-state index is 0.00140. The van der Waals surface area contributed by atoms with Crippen LogP contribution in [0.25, 0.3) is 11.4 Å². The van der Waals surface area contributed by atoms with Gasteiger partial charge in [0, 0.05) is 18.3 Å². The molecule has 0 saturated carbocycles. The number of nitrogens with one attached hydrogen (secondary N) is 1. The Kier molecular flexibility index (Phi) is 4.77. The van der Waals surface area contributed by atoms with Gasteiger partial charge in [0.15, 0.2) is 11.6 Å². The van der Waals surface area contributed by atoms with Crippen LogP contribution in [-0.2, 0) is 6.54 Å². The molecule has 1 aliphatic rings. The Morgan fingerprint density at radius 1 is 1.25 bits per heavy atom. The van der Waals surface area contributed by atoms with Crippen LogP contribution in [0.15, 0.2) is 47.4 Å². The fourth-order valence-corrected chi connectivity index (χ4v) is 3.73. The molecule has 0 radical (unpaired) electrons. The first-order valence-corrected chi connectivity index (χ1v) is 9.53. The molecule has 0 bridgehead atoms. The smallest absolute Gasteiger partial charge is 0.266 e. The lowest BCUT2D eigenvalue weighted by atomic mass is 9.99. The number of halogens is 1. The summed E-state index contributed by atoms with van der Waals surface area (Å²) >= 11 is 5.91. The SMILES string of the molecule is CC(C)[C@H]1c2nc(-c3ccccc3)nn2CCN1C(=O)c1c[nH]c(=O)c(Cl)c1. The van der Waals surface area contributed by atoms with E-state index in [0.717, 1.165) is 11.4 Å². The van der Waals surface area contributed by atoms with E-state index >= 15 is 0 Å². The molecule has 8 heteroatoms. The van der Waals surface area contributed by atoms with Crippen LogP contribution < -0.4 is 5.56 Å². The molecule has 1 aliphatic heterocycles. The third-order valence-electron chi connectivity index (χ3n) is 4.88. The largest absolute Gasteiger partial charge is 0.327 e. The Bertz CT molecular complexity index is 1070. The molecule has 0 aliphatic carbocycles. The van der Waals surface area contributed by atoms with Crippen LogP contribution in [0.2, 0.25) is 5.02 Å². The predicted octanol–water partition coefficient (Wildman–Crippen LogP) is 3.14. The Morgan fingerprint density at radius 2 is 2.00 bits per heavy atom. The number of hydrogen-bond donors (Lipinski definition) is 1. The first-order chi connectivity index (χ1) is 13.5. The molecule has 0 unspecified atom stereocenters. The molecule has 7 nitrogen and oxygen atoms in total. The molecule has 144 valence electrons. The van der Waals surface area contributed by atoms with Gasteiger partial charge >= 0.3 is 0 Å². The standard InChI is InChI=1S/C20H20ClN5O2/c1-12(2)16-18-23-17(13-6-4-3-5-7-13)24-26(18)9-8-25(16)20(28)14-10-15(21)19(27)22-11-14/h3-7,10-12,16H,8-9H2,1-2H3,(H,22,27)/t16-/m0/s1. The van der Waals surface area contributed by atoms with Gasteiger partial charge < -0.3 is 9.88 Å². The van der Waals surface area contributed by atoms with Crippen LogP contribution in [-0.4, -0.2) is 37.1 Å². The number of rotatable bonds is 3. The summed E-state index contributed by atoms with van der Waals surface area (Å²) < 4.78 is 1.89. The molecule has 1 amide bonds. The second-order valence-electron chi connectivity index (χ2n) is 7.14. The number of aromatic nitrogens is 4. The summed E-state index contributed by atoms with van der Waals surface area (Å²) in [7, 11) is 0. The van der Waals surface area contributed by atoms with Crippen molar-refractivity contribution >= 4 is 17.5 Å². The van der Waals surface area contributed by atoms with E-state index in [1.807, 2.05) is 35.0 Å². The van der Waals surface area contributed by atoms with Gasteiger partial charge in [-0.2, -0.15) is 5.10 Å². The highest BCUT2D eigenvalue weighted by atomic mass is 35.5. The Balaban J connectivity index is 1.72. The maximum absolute atomic E-state index is 13.2. The summed E-state index contributed by atoms with van der Waals surface area (Å²) in [6, 6.07) is 11.0. The van der Waals surface area contributed by atoms with Gasteiger partial charge in [-0.15, -0.1) is 0 Å². The van der Waals surface area contributed by atoms with Crippen molar-refractivity contribution in [3.8, 4) is 11.4 Å². The van der Waals surface area contributed by atoms with E-state index in [1.54, 1.807) is 4.90 Å². The number of carbonyl (C=O) groups excluding carboxylic acids is 1. The van der Waals surface area contributed by atoms with Crippen molar-refractivity contribution in [2.75, 3.05) is 6.54 Å². The van der Waals surface area contributed by atoms with Crippen LogP contribution in [0.4, 0.5) is 0 Å². The number of nitrogens with zero attached hydrogens (tertiary/aromatic N) is 4.